The van der Waals surface area contributed by atoms with Gasteiger partial charge in [-0.15, -0.1) is 0 Å². The molecule has 2 aromatic rings. The van der Waals surface area contributed by atoms with Crippen LogP contribution in [0.2, 0.25) is 0 Å². The lowest BCUT2D eigenvalue weighted by Gasteiger charge is -2.41. The van der Waals surface area contributed by atoms with Gasteiger partial charge in [0, 0.05) is 45.4 Å². The van der Waals surface area contributed by atoms with Crippen molar-refractivity contribution in [2.75, 3.05) is 32.8 Å². The molecule has 1 atom stereocenters. The highest BCUT2D eigenvalue weighted by molar-refractivity contribution is 5.27. The van der Waals surface area contributed by atoms with Gasteiger partial charge in [-0.3, -0.25) is 9.80 Å². The van der Waals surface area contributed by atoms with Crippen molar-refractivity contribution in [3.63, 3.8) is 0 Å². The van der Waals surface area contributed by atoms with Crippen molar-refractivity contribution >= 4 is 0 Å². The van der Waals surface area contributed by atoms with Crippen molar-refractivity contribution in [1.29, 1.82) is 0 Å². The van der Waals surface area contributed by atoms with Gasteiger partial charge in [-0.05, 0) is 48.7 Å². The van der Waals surface area contributed by atoms with Crippen LogP contribution in [0.1, 0.15) is 24.5 Å². The maximum absolute atomic E-state index is 13.1. The summed E-state index contributed by atoms with van der Waals surface area (Å²) in [6, 6.07) is 15.3. The second-order valence-corrected chi connectivity index (χ2v) is 7.08. The molecule has 1 N–H and O–H groups in total. The molecule has 1 saturated heterocycles. The first kappa shape index (κ1) is 19.8. The Morgan fingerprint density at radius 1 is 1.00 bits per heavy atom. The van der Waals surface area contributed by atoms with E-state index < -0.39 is 0 Å². The summed E-state index contributed by atoms with van der Waals surface area (Å²) in [6.45, 7) is 7.39. The van der Waals surface area contributed by atoms with E-state index in [0.717, 1.165) is 50.5 Å². The van der Waals surface area contributed by atoms with Crippen LogP contribution >= 0.6 is 0 Å². The normalized spacial score (nSPS) is 18.6. The fourth-order valence-corrected chi connectivity index (χ4v) is 3.67. The lowest BCUT2D eigenvalue weighted by Crippen LogP contribution is -2.52. The zero-order valence-corrected chi connectivity index (χ0v) is 16.0. The Labute approximate surface area is 161 Å². The molecule has 2 aromatic carbocycles. The summed E-state index contributed by atoms with van der Waals surface area (Å²) in [4.78, 5) is 4.84. The monoisotopic (exact) mass is 372 g/mol. The van der Waals surface area contributed by atoms with Crippen molar-refractivity contribution in [3.05, 3.63) is 65.5 Å². The molecule has 0 saturated carbocycles. The smallest absolute Gasteiger partial charge is 0.123 e. The average Bonchev–Trinajstić information content (AvgIpc) is 2.67. The molecule has 5 heteroatoms. The topological polar surface area (TPSA) is 35.9 Å². The van der Waals surface area contributed by atoms with Crippen molar-refractivity contribution in [3.8, 4) is 5.75 Å². The van der Waals surface area contributed by atoms with E-state index in [4.69, 9.17) is 4.74 Å². The largest absolute Gasteiger partial charge is 0.494 e. The molecule has 1 fully saturated rings. The Morgan fingerprint density at radius 2 is 1.67 bits per heavy atom. The first-order valence-corrected chi connectivity index (χ1v) is 9.71. The predicted octanol–water partition coefficient (Wildman–Crippen LogP) is 3.29. The summed E-state index contributed by atoms with van der Waals surface area (Å²) >= 11 is 0. The van der Waals surface area contributed by atoms with Crippen molar-refractivity contribution < 1.29 is 14.2 Å². The maximum atomic E-state index is 13.1. The molecule has 1 aliphatic heterocycles. The summed E-state index contributed by atoms with van der Waals surface area (Å²) in [6.07, 6.45) is 0.751. The Bertz CT molecular complexity index is 690. The van der Waals surface area contributed by atoms with E-state index in [1.165, 1.54) is 17.7 Å². The minimum atomic E-state index is -0.203. The van der Waals surface area contributed by atoms with E-state index in [-0.39, 0.29) is 12.4 Å². The number of aliphatic hydroxyl groups excluding tert-OH is 1. The van der Waals surface area contributed by atoms with E-state index in [1.807, 2.05) is 31.2 Å². The summed E-state index contributed by atoms with van der Waals surface area (Å²) in [7, 11) is 0. The quantitative estimate of drug-likeness (QED) is 0.771. The number of nitrogens with zero attached hydrogens (tertiary/aromatic N) is 2. The number of halogens is 1. The summed E-state index contributed by atoms with van der Waals surface area (Å²) < 4.78 is 18.6. The van der Waals surface area contributed by atoms with Crippen molar-refractivity contribution in [2.24, 2.45) is 0 Å². The number of rotatable bonds is 8. The van der Waals surface area contributed by atoms with E-state index in [2.05, 4.69) is 21.9 Å². The molecule has 0 spiro atoms. The number of benzene rings is 2. The van der Waals surface area contributed by atoms with E-state index in [9.17, 15) is 9.50 Å². The van der Waals surface area contributed by atoms with Crippen molar-refractivity contribution in [2.45, 2.75) is 32.5 Å². The molecule has 0 aromatic heterocycles. The van der Waals surface area contributed by atoms with Crippen LogP contribution in [0.4, 0.5) is 4.39 Å². The summed E-state index contributed by atoms with van der Waals surface area (Å²) in [5.41, 5.74) is 2.38. The minimum absolute atomic E-state index is 0.182. The first-order valence-electron chi connectivity index (χ1n) is 9.71. The highest BCUT2D eigenvalue weighted by Gasteiger charge is 2.26. The van der Waals surface area contributed by atoms with E-state index >= 15 is 0 Å². The van der Waals surface area contributed by atoms with Gasteiger partial charge in [-0.25, -0.2) is 4.39 Å². The van der Waals surface area contributed by atoms with Crippen LogP contribution in [0.25, 0.3) is 0 Å². The van der Waals surface area contributed by atoms with E-state index in [1.54, 1.807) is 0 Å². The molecule has 4 nitrogen and oxygen atoms in total. The van der Waals surface area contributed by atoms with Crippen LogP contribution in [-0.4, -0.2) is 53.8 Å². The lowest BCUT2D eigenvalue weighted by molar-refractivity contribution is 0.0499. The van der Waals surface area contributed by atoms with Crippen LogP contribution in [0, 0.1) is 5.82 Å². The molecule has 0 amide bonds. The van der Waals surface area contributed by atoms with Gasteiger partial charge in [0.1, 0.15) is 11.6 Å². The standard InChI is InChI=1S/C22H29FN2O2/c1-2-27-22-9-5-18(6-10-22)15-24-12-13-25(21(17-24)11-14-26)16-19-3-7-20(23)8-4-19/h3-10,21,26H,2,11-17H2,1H3/t21-/m1/s1. The molecule has 1 aliphatic rings. The van der Waals surface area contributed by atoms with Crippen LogP contribution in [0.5, 0.6) is 5.75 Å². The second-order valence-electron chi connectivity index (χ2n) is 7.08. The maximum Gasteiger partial charge on any atom is 0.123 e. The highest BCUT2D eigenvalue weighted by atomic mass is 19.1. The SMILES string of the molecule is CCOc1ccc(CN2CCN(Cc3ccc(F)cc3)[C@H](CCO)C2)cc1. The van der Waals surface area contributed by atoms with Gasteiger partial charge in [0.15, 0.2) is 0 Å². The van der Waals surface area contributed by atoms with Crippen LogP contribution < -0.4 is 4.74 Å². The van der Waals surface area contributed by atoms with Gasteiger partial charge in [0.2, 0.25) is 0 Å². The fourth-order valence-electron chi connectivity index (χ4n) is 3.67. The van der Waals surface area contributed by atoms with Crippen LogP contribution in [0.15, 0.2) is 48.5 Å². The Morgan fingerprint density at radius 3 is 2.33 bits per heavy atom. The summed E-state index contributed by atoms with van der Waals surface area (Å²) in [5.74, 6) is 0.703. The molecule has 146 valence electrons. The van der Waals surface area contributed by atoms with Gasteiger partial charge < -0.3 is 9.84 Å². The molecule has 0 radical (unpaired) electrons. The third-order valence-electron chi connectivity index (χ3n) is 5.09. The molecule has 27 heavy (non-hydrogen) atoms. The molecule has 0 aliphatic carbocycles. The number of piperazine rings is 1. The molecule has 1 heterocycles. The zero-order valence-electron chi connectivity index (χ0n) is 16.0. The Hall–Kier alpha value is -1.95. The molecule has 0 unspecified atom stereocenters. The van der Waals surface area contributed by atoms with Gasteiger partial charge in [0.25, 0.3) is 0 Å². The average molecular weight is 372 g/mol. The lowest BCUT2D eigenvalue weighted by atomic mass is 10.1. The molecule has 3 rings (SSSR count). The third kappa shape index (κ3) is 5.76. The third-order valence-corrected chi connectivity index (χ3v) is 5.09. The number of hydrogen-bond donors (Lipinski definition) is 1. The fraction of sp³-hybridized carbons (Fsp3) is 0.455. The van der Waals surface area contributed by atoms with Crippen LogP contribution in [-0.2, 0) is 13.1 Å². The summed E-state index contributed by atoms with van der Waals surface area (Å²) in [5, 5.41) is 9.49. The number of hydrogen-bond acceptors (Lipinski definition) is 4. The van der Waals surface area contributed by atoms with Gasteiger partial charge in [0.05, 0.1) is 6.61 Å². The van der Waals surface area contributed by atoms with E-state index in [0.29, 0.717) is 12.6 Å². The van der Waals surface area contributed by atoms with Crippen LogP contribution in [0.3, 0.4) is 0 Å². The molecular weight excluding hydrogens is 343 g/mol. The minimum Gasteiger partial charge on any atom is -0.494 e. The molecule has 0 bridgehead atoms. The van der Waals surface area contributed by atoms with Gasteiger partial charge >= 0.3 is 0 Å². The van der Waals surface area contributed by atoms with Gasteiger partial charge in [-0.2, -0.15) is 0 Å². The first-order chi connectivity index (χ1) is 13.2. The van der Waals surface area contributed by atoms with Gasteiger partial charge in [-0.1, -0.05) is 24.3 Å². The Balaban J connectivity index is 1.58. The zero-order chi connectivity index (χ0) is 19.1. The molecular formula is C22H29FN2O2. The highest BCUT2D eigenvalue weighted by Crippen LogP contribution is 2.20. The number of ether oxygens (including phenoxy) is 1. The van der Waals surface area contributed by atoms with Crippen molar-refractivity contribution in [1.82, 2.24) is 9.80 Å². The predicted molar refractivity (Wildman–Crippen MR) is 105 cm³/mol. The second kappa shape index (κ2) is 9.83. The number of aliphatic hydroxyl groups is 1. The Kier molecular flexibility index (Phi) is 7.21.